The average Bonchev–Trinajstić information content (AvgIpc) is 2.83. The Labute approximate surface area is 205 Å². The van der Waals surface area contributed by atoms with Crippen molar-refractivity contribution in [3.05, 3.63) is 48.5 Å². The second kappa shape index (κ2) is 16.6. The molecule has 0 radical (unpaired) electrons. The first-order valence-electron chi connectivity index (χ1n) is 12.8. The predicted octanol–water partition coefficient (Wildman–Crippen LogP) is 8.70. The summed E-state index contributed by atoms with van der Waals surface area (Å²) in [7, 11) is 0. The molecule has 182 valence electrons. The zero-order chi connectivity index (χ0) is 23.7. The van der Waals surface area contributed by atoms with Gasteiger partial charge in [0, 0.05) is 4.90 Å². The highest BCUT2D eigenvalue weighted by atomic mass is 32.2. The van der Waals surface area contributed by atoms with Crippen LogP contribution in [0.2, 0.25) is 0 Å². The van der Waals surface area contributed by atoms with Gasteiger partial charge in [0.2, 0.25) is 0 Å². The fraction of sp³-hybridized carbons (Fsp3) is 0.552. The van der Waals surface area contributed by atoms with E-state index in [1.54, 1.807) is 13.8 Å². The van der Waals surface area contributed by atoms with Gasteiger partial charge in [-0.3, -0.25) is 0 Å². The summed E-state index contributed by atoms with van der Waals surface area (Å²) in [5.74, 6) is 1.52. The van der Waals surface area contributed by atoms with Crippen molar-refractivity contribution in [1.29, 1.82) is 0 Å². The first kappa shape index (κ1) is 27.3. The Bertz CT molecular complexity index is 770. The SMILES string of the molecule is CCCCCCCCCCCCSc1ccc(-c2ccc(O[C@H](C)C(=O)OCC)cc2)cc1. The summed E-state index contributed by atoms with van der Waals surface area (Å²) in [5.41, 5.74) is 2.32. The third-order valence-electron chi connectivity index (χ3n) is 5.74. The number of rotatable bonds is 17. The van der Waals surface area contributed by atoms with E-state index in [0.29, 0.717) is 12.4 Å². The molecule has 0 spiro atoms. The quantitative estimate of drug-likeness (QED) is 0.132. The molecule has 2 rings (SSSR count). The van der Waals surface area contributed by atoms with Gasteiger partial charge in [-0.25, -0.2) is 4.79 Å². The maximum Gasteiger partial charge on any atom is 0.347 e. The van der Waals surface area contributed by atoms with Crippen LogP contribution < -0.4 is 4.74 Å². The van der Waals surface area contributed by atoms with Gasteiger partial charge in [0.25, 0.3) is 0 Å². The molecule has 0 amide bonds. The standard InChI is InChI=1S/C29H42O3S/c1-4-6-7-8-9-10-11-12-13-14-23-33-28-21-17-26(18-22-28)25-15-19-27(20-16-25)32-24(3)29(30)31-5-2/h15-22,24H,4-14,23H2,1-3H3/t24-/m1/s1. The molecule has 0 saturated carbocycles. The van der Waals surface area contributed by atoms with Crippen LogP contribution >= 0.6 is 11.8 Å². The fourth-order valence-electron chi connectivity index (χ4n) is 3.76. The number of thioether (sulfide) groups is 1. The largest absolute Gasteiger partial charge is 0.479 e. The van der Waals surface area contributed by atoms with Crippen molar-refractivity contribution >= 4 is 17.7 Å². The second-order valence-corrected chi connectivity index (χ2v) is 9.76. The van der Waals surface area contributed by atoms with E-state index in [9.17, 15) is 4.79 Å². The van der Waals surface area contributed by atoms with E-state index < -0.39 is 6.10 Å². The van der Waals surface area contributed by atoms with Gasteiger partial charge in [0.05, 0.1) is 6.61 Å². The van der Waals surface area contributed by atoms with Crippen LogP contribution in [0.5, 0.6) is 5.75 Å². The van der Waals surface area contributed by atoms with Crippen LogP contribution in [0.3, 0.4) is 0 Å². The molecule has 0 unspecified atom stereocenters. The molecule has 1 atom stereocenters. The minimum atomic E-state index is -0.609. The monoisotopic (exact) mass is 470 g/mol. The minimum Gasteiger partial charge on any atom is -0.479 e. The smallest absolute Gasteiger partial charge is 0.347 e. The molecular weight excluding hydrogens is 428 g/mol. The molecule has 3 nitrogen and oxygen atoms in total. The van der Waals surface area contributed by atoms with Gasteiger partial charge < -0.3 is 9.47 Å². The van der Waals surface area contributed by atoms with Crippen molar-refractivity contribution in [2.24, 2.45) is 0 Å². The molecule has 0 fully saturated rings. The van der Waals surface area contributed by atoms with E-state index >= 15 is 0 Å². The highest BCUT2D eigenvalue weighted by molar-refractivity contribution is 7.99. The van der Waals surface area contributed by atoms with Crippen molar-refractivity contribution in [3.8, 4) is 16.9 Å². The van der Waals surface area contributed by atoms with Crippen molar-refractivity contribution in [2.45, 2.75) is 96.0 Å². The molecule has 2 aromatic carbocycles. The van der Waals surface area contributed by atoms with Gasteiger partial charge in [0.15, 0.2) is 6.10 Å². The van der Waals surface area contributed by atoms with Crippen LogP contribution in [0, 0.1) is 0 Å². The topological polar surface area (TPSA) is 35.5 Å². The molecule has 4 heteroatoms. The van der Waals surface area contributed by atoms with E-state index in [4.69, 9.17) is 9.47 Å². The van der Waals surface area contributed by atoms with E-state index in [2.05, 4.69) is 31.2 Å². The van der Waals surface area contributed by atoms with Gasteiger partial charge >= 0.3 is 5.97 Å². The van der Waals surface area contributed by atoms with Crippen LogP contribution in [0.1, 0.15) is 85.0 Å². The molecule has 0 heterocycles. The van der Waals surface area contributed by atoms with Crippen molar-refractivity contribution in [3.63, 3.8) is 0 Å². The number of carbonyl (C=O) groups is 1. The molecule has 0 saturated heterocycles. The van der Waals surface area contributed by atoms with Crippen LogP contribution in [-0.4, -0.2) is 24.4 Å². The summed E-state index contributed by atoms with van der Waals surface area (Å²) >= 11 is 1.95. The first-order chi connectivity index (χ1) is 16.1. The Balaban J connectivity index is 1.65. The maximum atomic E-state index is 11.7. The molecule has 0 aromatic heterocycles. The van der Waals surface area contributed by atoms with E-state index in [1.165, 1.54) is 80.4 Å². The molecule has 33 heavy (non-hydrogen) atoms. The Morgan fingerprint density at radius 2 is 1.27 bits per heavy atom. The van der Waals surface area contributed by atoms with Crippen LogP contribution in [0.25, 0.3) is 11.1 Å². The van der Waals surface area contributed by atoms with Crippen molar-refractivity contribution < 1.29 is 14.3 Å². The Kier molecular flexibility index (Phi) is 13.8. The zero-order valence-corrected chi connectivity index (χ0v) is 21.6. The van der Waals surface area contributed by atoms with Gasteiger partial charge in [0.1, 0.15) is 5.75 Å². The number of esters is 1. The summed E-state index contributed by atoms with van der Waals surface area (Å²) in [6, 6.07) is 16.6. The zero-order valence-electron chi connectivity index (χ0n) is 20.8. The normalized spacial score (nSPS) is 11.8. The number of ether oxygens (including phenoxy) is 2. The average molecular weight is 471 g/mol. The van der Waals surface area contributed by atoms with Gasteiger partial charge in [-0.1, -0.05) is 89.0 Å². The summed E-state index contributed by atoms with van der Waals surface area (Å²) in [6.07, 6.45) is 13.2. The second-order valence-electron chi connectivity index (χ2n) is 8.59. The van der Waals surface area contributed by atoms with Crippen LogP contribution in [0.15, 0.2) is 53.4 Å². The summed E-state index contributed by atoms with van der Waals surface area (Å²) in [5, 5.41) is 0. The molecular formula is C29H42O3S. The first-order valence-corrected chi connectivity index (χ1v) is 13.8. The lowest BCUT2D eigenvalue weighted by Crippen LogP contribution is -2.25. The highest BCUT2D eigenvalue weighted by Gasteiger charge is 2.15. The van der Waals surface area contributed by atoms with E-state index in [0.717, 1.165) is 5.56 Å². The molecule has 2 aromatic rings. The molecule has 0 aliphatic carbocycles. The van der Waals surface area contributed by atoms with E-state index in [-0.39, 0.29) is 5.97 Å². The lowest BCUT2D eigenvalue weighted by atomic mass is 10.1. The Hall–Kier alpha value is -1.94. The summed E-state index contributed by atoms with van der Waals surface area (Å²) in [6.45, 7) is 6.14. The van der Waals surface area contributed by atoms with Gasteiger partial charge in [-0.15, -0.1) is 11.8 Å². The van der Waals surface area contributed by atoms with Gasteiger partial charge in [-0.2, -0.15) is 0 Å². The van der Waals surface area contributed by atoms with Crippen molar-refractivity contribution in [2.75, 3.05) is 12.4 Å². The fourth-order valence-corrected chi connectivity index (χ4v) is 4.67. The predicted molar refractivity (Wildman–Crippen MR) is 141 cm³/mol. The molecule has 0 aliphatic heterocycles. The summed E-state index contributed by atoms with van der Waals surface area (Å²) < 4.78 is 10.7. The third kappa shape index (κ3) is 11.2. The summed E-state index contributed by atoms with van der Waals surface area (Å²) in [4.78, 5) is 13.0. The Morgan fingerprint density at radius 3 is 1.82 bits per heavy atom. The van der Waals surface area contributed by atoms with E-state index in [1.807, 2.05) is 36.0 Å². The maximum absolute atomic E-state index is 11.7. The molecule has 0 aliphatic rings. The Morgan fingerprint density at radius 1 is 0.758 bits per heavy atom. The third-order valence-corrected chi connectivity index (χ3v) is 6.84. The molecule has 0 N–H and O–H groups in total. The number of benzene rings is 2. The lowest BCUT2D eigenvalue weighted by Gasteiger charge is -2.13. The number of hydrogen-bond donors (Lipinski definition) is 0. The lowest BCUT2D eigenvalue weighted by molar-refractivity contribution is -0.150. The number of carbonyl (C=O) groups excluding carboxylic acids is 1. The number of unbranched alkanes of at least 4 members (excludes halogenated alkanes) is 9. The van der Waals surface area contributed by atoms with Crippen LogP contribution in [-0.2, 0) is 9.53 Å². The van der Waals surface area contributed by atoms with Gasteiger partial charge in [-0.05, 0) is 61.4 Å². The molecule has 0 bridgehead atoms. The highest BCUT2D eigenvalue weighted by Crippen LogP contribution is 2.27. The minimum absolute atomic E-state index is 0.340. The number of hydrogen-bond acceptors (Lipinski definition) is 4. The van der Waals surface area contributed by atoms with Crippen LogP contribution in [0.4, 0.5) is 0 Å². The van der Waals surface area contributed by atoms with Crippen molar-refractivity contribution in [1.82, 2.24) is 0 Å².